The van der Waals surface area contributed by atoms with E-state index in [-0.39, 0.29) is 24.6 Å². The summed E-state index contributed by atoms with van der Waals surface area (Å²) >= 11 is 12.9. The first-order valence-corrected chi connectivity index (χ1v) is 11.9. The van der Waals surface area contributed by atoms with Gasteiger partial charge in [-0.25, -0.2) is 13.8 Å². The van der Waals surface area contributed by atoms with Crippen LogP contribution in [0.5, 0.6) is 0 Å². The molecule has 3 heterocycles. The Morgan fingerprint density at radius 1 is 1.06 bits per heavy atom. The number of rotatable bonds is 6. The van der Waals surface area contributed by atoms with Crippen LogP contribution in [0.1, 0.15) is 12.0 Å². The number of nitrogens with one attached hydrogen (secondary N) is 1. The van der Waals surface area contributed by atoms with Crippen LogP contribution in [0.25, 0.3) is 22.3 Å². The van der Waals surface area contributed by atoms with E-state index in [2.05, 4.69) is 15.3 Å². The maximum absolute atomic E-state index is 13.5. The van der Waals surface area contributed by atoms with Crippen molar-refractivity contribution in [1.82, 2.24) is 19.6 Å². The zero-order valence-electron chi connectivity index (χ0n) is 19.1. The topological polar surface area (TPSA) is 72.3 Å². The van der Waals surface area contributed by atoms with E-state index in [4.69, 9.17) is 28.0 Å². The summed E-state index contributed by atoms with van der Waals surface area (Å²) in [7, 11) is 1.37. The minimum atomic E-state index is -2.62. The molecule has 186 valence electrons. The number of anilines is 2. The minimum absolute atomic E-state index is 0.115. The lowest BCUT2D eigenvalue weighted by molar-refractivity contribution is 0.0115. The number of pyridine rings is 1. The van der Waals surface area contributed by atoms with E-state index in [0.29, 0.717) is 45.5 Å². The van der Waals surface area contributed by atoms with Crippen molar-refractivity contribution in [3.63, 3.8) is 0 Å². The van der Waals surface area contributed by atoms with Gasteiger partial charge >= 0.3 is 0 Å². The smallest absolute Gasteiger partial charge is 0.285 e. The van der Waals surface area contributed by atoms with Gasteiger partial charge in [-0.05, 0) is 35.9 Å². The van der Waals surface area contributed by atoms with Gasteiger partial charge < -0.3 is 10.2 Å². The molecule has 2 aromatic heterocycles. The van der Waals surface area contributed by atoms with Gasteiger partial charge in [-0.3, -0.25) is 9.69 Å². The van der Waals surface area contributed by atoms with Crippen molar-refractivity contribution in [2.75, 3.05) is 25.5 Å². The molecule has 1 aliphatic rings. The summed E-state index contributed by atoms with van der Waals surface area (Å²) in [6, 6.07) is 15.4. The first-order chi connectivity index (χ1) is 17.2. The van der Waals surface area contributed by atoms with Gasteiger partial charge in [-0.15, -0.1) is 4.73 Å². The number of hydrogen-bond donors (Lipinski definition) is 1. The van der Waals surface area contributed by atoms with Gasteiger partial charge in [0.05, 0.1) is 22.3 Å². The van der Waals surface area contributed by atoms with Gasteiger partial charge in [0.2, 0.25) is 5.95 Å². The van der Waals surface area contributed by atoms with Crippen LogP contribution >= 0.6 is 23.2 Å². The number of halogens is 4. The summed E-state index contributed by atoms with van der Waals surface area (Å²) < 4.78 is 28.0. The van der Waals surface area contributed by atoms with Crippen LogP contribution in [0.2, 0.25) is 10.0 Å². The number of likely N-dealkylation sites (tertiary alicyclic amines) is 1. The zero-order chi connectivity index (χ0) is 25.4. The molecule has 0 saturated carbocycles. The second kappa shape index (κ2) is 9.65. The molecule has 0 bridgehead atoms. The van der Waals surface area contributed by atoms with Gasteiger partial charge in [0.15, 0.2) is 5.65 Å². The summed E-state index contributed by atoms with van der Waals surface area (Å²) in [4.78, 5) is 28.6. The van der Waals surface area contributed by atoms with Crippen LogP contribution in [0.3, 0.4) is 0 Å². The van der Waals surface area contributed by atoms with E-state index in [9.17, 15) is 13.6 Å². The van der Waals surface area contributed by atoms with E-state index < -0.39 is 11.5 Å². The van der Waals surface area contributed by atoms with E-state index in [1.54, 1.807) is 29.2 Å². The molecular formula is C25H21Cl2F2N5O2. The van der Waals surface area contributed by atoms with Crippen molar-refractivity contribution < 1.29 is 13.6 Å². The molecule has 0 radical (unpaired) electrons. The van der Waals surface area contributed by atoms with Crippen molar-refractivity contribution in [3.8, 4) is 11.3 Å². The van der Waals surface area contributed by atoms with Gasteiger partial charge in [-0.2, -0.15) is 4.98 Å². The fourth-order valence-corrected chi connectivity index (χ4v) is 4.84. The quantitative estimate of drug-likeness (QED) is 0.358. The molecule has 4 aromatic rings. The molecule has 0 unspecified atom stereocenters. The predicted molar refractivity (Wildman–Crippen MR) is 136 cm³/mol. The molecule has 2 aromatic carbocycles. The number of alkyl halides is 2. The summed E-state index contributed by atoms with van der Waals surface area (Å²) in [6.07, 6.45) is -0.115. The monoisotopic (exact) mass is 531 g/mol. The zero-order valence-corrected chi connectivity index (χ0v) is 20.7. The Bertz CT molecular complexity index is 1470. The lowest BCUT2D eigenvalue weighted by Gasteiger charge is -2.16. The van der Waals surface area contributed by atoms with Gasteiger partial charge in [0.1, 0.15) is 7.11 Å². The standard InChI is InChI=1S/C25H21Cl2F2N5O2/c1-36-34-20(35)10-9-17-22(21-18(26)3-2-4-19(21)27)31-24(32-23(17)34)30-16-7-5-15(6-8-16)13-33-12-11-25(28,29)14-33/h2-10H,11-14H2,1H3,(H,30,31,32). The highest BCUT2D eigenvalue weighted by Crippen LogP contribution is 2.37. The van der Waals surface area contributed by atoms with Crippen molar-refractivity contribution in [2.24, 2.45) is 0 Å². The van der Waals surface area contributed by atoms with E-state index in [1.165, 1.54) is 13.2 Å². The highest BCUT2D eigenvalue weighted by molar-refractivity contribution is 6.39. The Labute approximate surface area is 215 Å². The Balaban J connectivity index is 1.51. The highest BCUT2D eigenvalue weighted by atomic mass is 35.5. The van der Waals surface area contributed by atoms with Crippen LogP contribution in [-0.2, 0) is 6.54 Å². The third kappa shape index (κ3) is 4.86. The maximum Gasteiger partial charge on any atom is 0.285 e. The molecule has 11 heteroatoms. The third-order valence-electron chi connectivity index (χ3n) is 5.96. The second-order valence-corrected chi connectivity index (χ2v) is 9.33. The van der Waals surface area contributed by atoms with Gasteiger partial charge in [0.25, 0.3) is 11.5 Å². The minimum Gasteiger partial charge on any atom is -0.412 e. The second-order valence-electron chi connectivity index (χ2n) is 8.52. The average Bonchev–Trinajstić information content (AvgIpc) is 3.18. The molecule has 1 saturated heterocycles. The first-order valence-electron chi connectivity index (χ1n) is 11.1. The predicted octanol–water partition coefficient (Wildman–Crippen LogP) is 5.41. The molecule has 5 rings (SSSR count). The fraction of sp³-hybridized carbons (Fsp3) is 0.240. The summed E-state index contributed by atoms with van der Waals surface area (Å²) in [5.41, 5.74) is 2.34. The first kappa shape index (κ1) is 24.4. The molecular weight excluding hydrogens is 511 g/mol. The Morgan fingerprint density at radius 3 is 2.42 bits per heavy atom. The maximum atomic E-state index is 13.5. The molecule has 7 nitrogen and oxygen atoms in total. The summed E-state index contributed by atoms with van der Waals surface area (Å²) in [5, 5.41) is 4.44. The number of aromatic nitrogens is 3. The van der Waals surface area contributed by atoms with E-state index in [1.807, 2.05) is 24.3 Å². The lowest BCUT2D eigenvalue weighted by Crippen LogP contribution is -2.25. The van der Waals surface area contributed by atoms with Crippen molar-refractivity contribution in [1.29, 1.82) is 0 Å². The number of hydrogen-bond acceptors (Lipinski definition) is 6. The molecule has 0 atom stereocenters. The average molecular weight is 532 g/mol. The van der Waals surface area contributed by atoms with Crippen LogP contribution < -0.4 is 15.7 Å². The normalized spacial score (nSPS) is 15.4. The van der Waals surface area contributed by atoms with Crippen molar-refractivity contribution in [2.45, 2.75) is 18.9 Å². The van der Waals surface area contributed by atoms with Gasteiger partial charge in [-0.1, -0.05) is 41.4 Å². The van der Waals surface area contributed by atoms with Crippen molar-refractivity contribution >= 4 is 45.9 Å². The van der Waals surface area contributed by atoms with Gasteiger partial charge in [0, 0.05) is 42.2 Å². The summed E-state index contributed by atoms with van der Waals surface area (Å²) in [5.74, 6) is -2.43. The lowest BCUT2D eigenvalue weighted by atomic mass is 10.1. The summed E-state index contributed by atoms with van der Waals surface area (Å²) in [6.45, 7) is 0.580. The Kier molecular flexibility index (Phi) is 6.55. The van der Waals surface area contributed by atoms with E-state index >= 15 is 0 Å². The van der Waals surface area contributed by atoms with Crippen LogP contribution in [0.4, 0.5) is 20.4 Å². The molecule has 1 N–H and O–H groups in total. The highest BCUT2D eigenvalue weighted by Gasteiger charge is 2.37. The number of fused-ring (bicyclic) bond motifs is 1. The Morgan fingerprint density at radius 2 is 1.78 bits per heavy atom. The van der Waals surface area contributed by atoms with Crippen LogP contribution in [0, 0.1) is 0 Å². The third-order valence-corrected chi connectivity index (χ3v) is 6.59. The number of benzene rings is 2. The molecule has 0 spiro atoms. The Hall–Kier alpha value is -3.27. The SMILES string of the molecule is COn1c(=O)ccc2c(-c3c(Cl)cccc3Cl)nc(Nc3ccc(CN4CCC(F)(F)C4)cc3)nc21. The van der Waals surface area contributed by atoms with Crippen LogP contribution in [-0.4, -0.2) is 45.7 Å². The van der Waals surface area contributed by atoms with Crippen LogP contribution in [0.15, 0.2) is 59.4 Å². The van der Waals surface area contributed by atoms with Crippen molar-refractivity contribution in [3.05, 3.63) is 80.6 Å². The molecule has 1 fully saturated rings. The van der Waals surface area contributed by atoms with E-state index in [0.717, 1.165) is 10.3 Å². The fourth-order valence-electron chi connectivity index (χ4n) is 4.26. The molecule has 1 aliphatic heterocycles. The molecule has 0 amide bonds. The molecule has 0 aliphatic carbocycles. The number of nitrogens with zero attached hydrogens (tertiary/aromatic N) is 4. The molecule has 36 heavy (non-hydrogen) atoms. The largest absolute Gasteiger partial charge is 0.412 e.